The van der Waals surface area contributed by atoms with Gasteiger partial charge in [0.25, 0.3) is 0 Å². The molecular formula is C21H24N2O3. The number of hydrogen-bond acceptors (Lipinski definition) is 4. The minimum Gasteiger partial charge on any atom is -0.493 e. The van der Waals surface area contributed by atoms with Crippen LogP contribution in [0.5, 0.6) is 11.5 Å². The molecule has 5 nitrogen and oxygen atoms in total. The van der Waals surface area contributed by atoms with Crippen molar-refractivity contribution in [1.82, 2.24) is 5.32 Å². The topological polar surface area (TPSA) is 71.3 Å². The van der Waals surface area contributed by atoms with Gasteiger partial charge in [-0.05, 0) is 30.0 Å². The highest BCUT2D eigenvalue weighted by Crippen LogP contribution is 2.27. The van der Waals surface area contributed by atoms with Crippen molar-refractivity contribution in [1.29, 1.82) is 5.26 Å². The van der Waals surface area contributed by atoms with Gasteiger partial charge in [-0.3, -0.25) is 4.79 Å². The zero-order chi connectivity index (χ0) is 18.8. The molecule has 0 aliphatic heterocycles. The van der Waals surface area contributed by atoms with E-state index in [4.69, 9.17) is 14.7 Å². The summed E-state index contributed by atoms with van der Waals surface area (Å²) in [5, 5.41) is 11.9. The first-order chi connectivity index (χ1) is 12.6. The summed E-state index contributed by atoms with van der Waals surface area (Å²) < 4.78 is 10.9. The monoisotopic (exact) mass is 352 g/mol. The van der Waals surface area contributed by atoms with Crippen LogP contribution in [0.2, 0.25) is 0 Å². The Morgan fingerprint density at radius 1 is 1.19 bits per heavy atom. The third-order valence-corrected chi connectivity index (χ3v) is 4.07. The third-order valence-electron chi connectivity index (χ3n) is 4.07. The fourth-order valence-electron chi connectivity index (χ4n) is 2.53. The zero-order valence-corrected chi connectivity index (χ0v) is 15.2. The van der Waals surface area contributed by atoms with E-state index in [-0.39, 0.29) is 11.8 Å². The van der Waals surface area contributed by atoms with Gasteiger partial charge in [0, 0.05) is 19.0 Å². The van der Waals surface area contributed by atoms with Crippen LogP contribution in [0.1, 0.15) is 36.8 Å². The number of ether oxygens (including phenoxy) is 2. The van der Waals surface area contributed by atoms with Crippen LogP contribution in [0.3, 0.4) is 0 Å². The van der Waals surface area contributed by atoms with Gasteiger partial charge in [-0.25, -0.2) is 0 Å². The summed E-state index contributed by atoms with van der Waals surface area (Å²) in [7, 11) is 1.53. The maximum atomic E-state index is 12.0. The fraction of sp³-hybridized carbons (Fsp3) is 0.333. The third kappa shape index (κ3) is 5.82. The molecule has 1 amide bonds. The van der Waals surface area contributed by atoms with Gasteiger partial charge in [0.05, 0.1) is 25.3 Å². The maximum absolute atomic E-state index is 12.0. The van der Waals surface area contributed by atoms with E-state index in [1.807, 2.05) is 18.2 Å². The first-order valence-electron chi connectivity index (χ1n) is 8.66. The van der Waals surface area contributed by atoms with Crippen LogP contribution >= 0.6 is 0 Å². The largest absolute Gasteiger partial charge is 0.493 e. The predicted molar refractivity (Wildman–Crippen MR) is 100 cm³/mol. The average molecular weight is 352 g/mol. The predicted octanol–water partition coefficient (Wildman–Crippen LogP) is 3.65. The molecule has 1 N–H and O–H groups in total. The second-order valence-corrected chi connectivity index (χ2v) is 6.05. The summed E-state index contributed by atoms with van der Waals surface area (Å²) >= 11 is 0. The van der Waals surface area contributed by atoms with Crippen molar-refractivity contribution in [3.63, 3.8) is 0 Å². The Hall–Kier alpha value is -3.00. The smallest absolute Gasteiger partial charge is 0.220 e. The van der Waals surface area contributed by atoms with Gasteiger partial charge in [0.15, 0.2) is 11.5 Å². The Kier molecular flexibility index (Phi) is 7.50. The van der Waals surface area contributed by atoms with Crippen molar-refractivity contribution in [2.75, 3.05) is 20.3 Å². The maximum Gasteiger partial charge on any atom is 0.220 e. The Bertz CT molecular complexity index is 754. The number of nitrogens with one attached hydrogen (secondary N) is 1. The van der Waals surface area contributed by atoms with Gasteiger partial charge in [-0.15, -0.1) is 0 Å². The van der Waals surface area contributed by atoms with E-state index >= 15 is 0 Å². The number of hydrogen-bond donors (Lipinski definition) is 1. The molecule has 1 atom stereocenters. The lowest BCUT2D eigenvalue weighted by molar-refractivity contribution is -0.121. The lowest BCUT2D eigenvalue weighted by Gasteiger charge is -2.13. The van der Waals surface area contributed by atoms with E-state index in [0.29, 0.717) is 43.1 Å². The van der Waals surface area contributed by atoms with Crippen LogP contribution in [0.15, 0.2) is 48.5 Å². The van der Waals surface area contributed by atoms with E-state index < -0.39 is 0 Å². The molecule has 0 radical (unpaired) electrons. The highest BCUT2D eigenvalue weighted by atomic mass is 16.5. The van der Waals surface area contributed by atoms with Crippen molar-refractivity contribution in [3.8, 4) is 17.6 Å². The summed E-state index contributed by atoms with van der Waals surface area (Å²) in [6.07, 6.45) is 1.01. The minimum absolute atomic E-state index is 0.0168. The van der Waals surface area contributed by atoms with Crippen LogP contribution < -0.4 is 14.8 Å². The van der Waals surface area contributed by atoms with Crippen LogP contribution in [0.4, 0.5) is 0 Å². The Morgan fingerprint density at radius 2 is 1.96 bits per heavy atom. The molecule has 2 aromatic rings. The van der Waals surface area contributed by atoms with Crippen molar-refractivity contribution in [3.05, 3.63) is 59.7 Å². The molecule has 0 bridgehead atoms. The highest BCUT2D eigenvalue weighted by molar-refractivity contribution is 5.75. The molecule has 0 fully saturated rings. The number of rotatable bonds is 9. The van der Waals surface area contributed by atoms with Crippen LogP contribution in [0.25, 0.3) is 0 Å². The molecule has 0 saturated heterocycles. The normalized spacial score (nSPS) is 11.3. The molecule has 0 aliphatic rings. The van der Waals surface area contributed by atoms with Crippen LogP contribution in [0, 0.1) is 11.3 Å². The molecule has 136 valence electrons. The lowest BCUT2D eigenvalue weighted by Crippen LogP contribution is -2.27. The standard InChI is InChI=1S/C21H24N2O3/c1-16(18-7-4-3-5-8-18)15-23-21(24)9-6-12-26-19-11-10-17(14-22)13-20(19)25-2/h3-5,7-8,10-11,13,16H,6,9,12,15H2,1-2H3,(H,23,24)/t16-/m1/s1. The number of nitriles is 1. The minimum atomic E-state index is 0.0168. The number of benzene rings is 2. The fourth-order valence-corrected chi connectivity index (χ4v) is 2.53. The Balaban J connectivity index is 1.70. The van der Waals surface area contributed by atoms with Crippen molar-refractivity contribution in [2.24, 2.45) is 0 Å². The van der Waals surface area contributed by atoms with E-state index in [1.54, 1.807) is 18.2 Å². The highest BCUT2D eigenvalue weighted by Gasteiger charge is 2.09. The summed E-state index contributed by atoms with van der Waals surface area (Å²) in [6.45, 7) is 3.12. The summed E-state index contributed by atoms with van der Waals surface area (Å²) in [4.78, 5) is 12.0. The van der Waals surface area contributed by atoms with E-state index in [1.165, 1.54) is 12.7 Å². The van der Waals surface area contributed by atoms with Crippen LogP contribution in [-0.2, 0) is 4.79 Å². The summed E-state index contributed by atoms with van der Waals surface area (Å²) in [6, 6.07) is 17.2. The first kappa shape index (κ1) is 19.3. The summed E-state index contributed by atoms with van der Waals surface area (Å²) in [5.74, 6) is 1.39. The van der Waals surface area contributed by atoms with Crippen LogP contribution in [-0.4, -0.2) is 26.2 Å². The molecule has 0 spiro atoms. The van der Waals surface area contributed by atoms with Crippen molar-refractivity contribution < 1.29 is 14.3 Å². The lowest BCUT2D eigenvalue weighted by atomic mass is 10.0. The molecule has 0 heterocycles. The van der Waals surface area contributed by atoms with E-state index in [9.17, 15) is 4.79 Å². The molecule has 0 saturated carbocycles. The van der Waals surface area contributed by atoms with Gasteiger partial charge < -0.3 is 14.8 Å². The molecule has 2 aromatic carbocycles. The molecule has 0 aromatic heterocycles. The number of amides is 1. The molecule has 5 heteroatoms. The molecule has 0 unspecified atom stereocenters. The second-order valence-electron chi connectivity index (χ2n) is 6.05. The molecule has 0 aliphatic carbocycles. The first-order valence-corrected chi connectivity index (χ1v) is 8.66. The number of carbonyl (C=O) groups excluding carboxylic acids is 1. The molecular weight excluding hydrogens is 328 g/mol. The van der Waals surface area contributed by atoms with Crippen molar-refractivity contribution >= 4 is 5.91 Å². The van der Waals surface area contributed by atoms with Gasteiger partial charge in [-0.1, -0.05) is 37.3 Å². The van der Waals surface area contributed by atoms with Gasteiger partial charge in [0.2, 0.25) is 5.91 Å². The molecule has 26 heavy (non-hydrogen) atoms. The average Bonchev–Trinajstić information content (AvgIpc) is 2.70. The van der Waals surface area contributed by atoms with E-state index in [0.717, 1.165) is 0 Å². The number of nitrogens with zero attached hydrogens (tertiary/aromatic N) is 1. The van der Waals surface area contributed by atoms with Crippen molar-refractivity contribution in [2.45, 2.75) is 25.7 Å². The van der Waals surface area contributed by atoms with E-state index in [2.05, 4.69) is 30.4 Å². The number of carbonyl (C=O) groups is 1. The van der Waals surface area contributed by atoms with Gasteiger partial charge in [0.1, 0.15) is 0 Å². The van der Waals surface area contributed by atoms with Gasteiger partial charge in [-0.2, -0.15) is 5.26 Å². The SMILES string of the molecule is COc1cc(C#N)ccc1OCCCC(=O)NC[C@@H](C)c1ccccc1. The summed E-state index contributed by atoms with van der Waals surface area (Å²) in [5.41, 5.74) is 1.73. The van der Waals surface area contributed by atoms with Gasteiger partial charge >= 0.3 is 0 Å². The zero-order valence-electron chi connectivity index (χ0n) is 15.2. The number of methoxy groups -OCH3 is 1. The molecule has 2 rings (SSSR count). The Morgan fingerprint density at radius 3 is 2.65 bits per heavy atom. The quantitative estimate of drug-likeness (QED) is 0.699. The second kappa shape index (κ2) is 10.1. The Labute approximate surface area is 154 Å².